The Kier molecular flexibility index (Phi) is 13.3. The van der Waals surface area contributed by atoms with Crippen LogP contribution in [0.2, 0.25) is 25.7 Å². The largest absolute Gasteiger partial charge is 0.467 e. The van der Waals surface area contributed by atoms with Crippen LogP contribution in [0.5, 0.6) is 0 Å². The maximum absolute atomic E-state index is 11.9. The molecule has 0 saturated heterocycles. The number of benzene rings is 1. The Morgan fingerprint density at radius 3 is 2.47 bits per heavy atom. The standard InChI is InChI=1S/C24H38O5Si/c1-21(29-20-27-17-18-30(3,4)5)13-9-6-7-12-16-23(24(25)26-2)28-19-22-14-10-8-11-15-22/h7-15,21,23H,6,16-20H2,1-5H3/b12-7+,13-9-/t21-,23+/m0/s1. The van der Waals surface area contributed by atoms with Crippen LogP contribution in [0.1, 0.15) is 25.3 Å². The van der Waals surface area contributed by atoms with Crippen LogP contribution >= 0.6 is 0 Å². The molecule has 2 atom stereocenters. The molecule has 0 radical (unpaired) electrons. The van der Waals surface area contributed by atoms with Crippen molar-refractivity contribution in [3.8, 4) is 0 Å². The molecule has 0 fully saturated rings. The molecule has 0 heterocycles. The van der Waals surface area contributed by atoms with E-state index in [0.717, 1.165) is 24.6 Å². The zero-order valence-electron chi connectivity index (χ0n) is 19.1. The summed E-state index contributed by atoms with van der Waals surface area (Å²) in [6, 6.07) is 10.9. The van der Waals surface area contributed by atoms with Crippen LogP contribution in [0.15, 0.2) is 54.6 Å². The fraction of sp³-hybridized carbons (Fsp3) is 0.542. The minimum absolute atomic E-state index is 0.00213. The van der Waals surface area contributed by atoms with Crippen LogP contribution < -0.4 is 0 Å². The van der Waals surface area contributed by atoms with Gasteiger partial charge in [0.15, 0.2) is 6.10 Å². The summed E-state index contributed by atoms with van der Waals surface area (Å²) < 4.78 is 21.8. The fourth-order valence-electron chi connectivity index (χ4n) is 2.45. The Morgan fingerprint density at radius 2 is 1.80 bits per heavy atom. The Hall–Kier alpha value is -1.73. The highest BCUT2D eigenvalue weighted by Gasteiger charge is 2.18. The number of hydrogen-bond donors (Lipinski definition) is 0. The van der Waals surface area contributed by atoms with Gasteiger partial charge in [0.25, 0.3) is 0 Å². The van der Waals surface area contributed by atoms with E-state index in [-0.39, 0.29) is 12.1 Å². The third-order valence-corrected chi connectivity index (χ3v) is 6.07. The number of ether oxygens (including phenoxy) is 4. The second-order valence-electron chi connectivity index (χ2n) is 8.39. The monoisotopic (exact) mass is 434 g/mol. The SMILES string of the molecule is COC(=O)[C@@H](C/C=C/C/C=C\[C@H](C)OCOCC[Si](C)(C)C)OCc1ccccc1. The van der Waals surface area contributed by atoms with Gasteiger partial charge in [0.05, 0.1) is 19.8 Å². The summed E-state index contributed by atoms with van der Waals surface area (Å²) in [5.74, 6) is -0.359. The van der Waals surface area contributed by atoms with Crippen molar-refractivity contribution in [2.75, 3.05) is 20.5 Å². The molecule has 0 amide bonds. The highest BCUT2D eigenvalue weighted by Crippen LogP contribution is 2.09. The quantitative estimate of drug-likeness (QED) is 0.122. The van der Waals surface area contributed by atoms with Crippen molar-refractivity contribution in [1.29, 1.82) is 0 Å². The number of esters is 1. The molecule has 0 aliphatic carbocycles. The lowest BCUT2D eigenvalue weighted by molar-refractivity contribution is -0.154. The first-order chi connectivity index (χ1) is 14.3. The van der Waals surface area contributed by atoms with E-state index in [1.165, 1.54) is 7.11 Å². The Balaban J connectivity index is 2.25. The second-order valence-corrected chi connectivity index (χ2v) is 14.0. The van der Waals surface area contributed by atoms with Crippen LogP contribution in [0.25, 0.3) is 0 Å². The molecule has 0 aliphatic heterocycles. The molecule has 0 unspecified atom stereocenters. The number of carbonyl (C=O) groups is 1. The average molecular weight is 435 g/mol. The smallest absolute Gasteiger partial charge is 0.335 e. The van der Waals surface area contributed by atoms with E-state index in [1.807, 2.05) is 61.6 Å². The highest BCUT2D eigenvalue weighted by atomic mass is 28.3. The Bertz CT molecular complexity index is 637. The fourth-order valence-corrected chi connectivity index (χ4v) is 3.20. The van der Waals surface area contributed by atoms with E-state index >= 15 is 0 Å². The van der Waals surface area contributed by atoms with Gasteiger partial charge in [0.1, 0.15) is 6.79 Å². The van der Waals surface area contributed by atoms with Gasteiger partial charge in [-0.2, -0.15) is 0 Å². The van der Waals surface area contributed by atoms with Gasteiger partial charge in [0.2, 0.25) is 0 Å². The summed E-state index contributed by atoms with van der Waals surface area (Å²) in [5.41, 5.74) is 1.02. The second kappa shape index (κ2) is 15.1. The molecule has 0 spiro atoms. The summed E-state index contributed by atoms with van der Waals surface area (Å²) >= 11 is 0. The van der Waals surface area contributed by atoms with Crippen molar-refractivity contribution in [3.63, 3.8) is 0 Å². The molecular formula is C24H38O5Si. The van der Waals surface area contributed by atoms with Crippen LogP contribution in [0.3, 0.4) is 0 Å². The molecule has 6 heteroatoms. The summed E-state index contributed by atoms with van der Waals surface area (Å²) in [4.78, 5) is 11.9. The predicted molar refractivity (Wildman–Crippen MR) is 124 cm³/mol. The molecule has 0 saturated carbocycles. The van der Waals surface area contributed by atoms with E-state index in [1.54, 1.807) is 0 Å². The maximum Gasteiger partial charge on any atom is 0.335 e. The number of hydrogen-bond acceptors (Lipinski definition) is 5. The van der Waals surface area contributed by atoms with Gasteiger partial charge < -0.3 is 18.9 Å². The van der Waals surface area contributed by atoms with E-state index in [9.17, 15) is 4.79 Å². The van der Waals surface area contributed by atoms with Crippen LogP contribution in [0, 0.1) is 0 Å². The minimum atomic E-state index is -1.05. The van der Waals surface area contributed by atoms with E-state index in [4.69, 9.17) is 18.9 Å². The van der Waals surface area contributed by atoms with E-state index in [2.05, 4.69) is 19.6 Å². The summed E-state index contributed by atoms with van der Waals surface area (Å²) in [6.07, 6.45) is 8.64. The molecule has 168 valence electrons. The van der Waals surface area contributed by atoms with Gasteiger partial charge in [0, 0.05) is 21.1 Å². The van der Waals surface area contributed by atoms with Crippen molar-refractivity contribution in [2.24, 2.45) is 0 Å². The first kappa shape index (κ1) is 26.3. The van der Waals surface area contributed by atoms with Crippen molar-refractivity contribution in [2.45, 2.75) is 64.3 Å². The molecule has 0 bridgehead atoms. The Morgan fingerprint density at radius 1 is 1.07 bits per heavy atom. The van der Waals surface area contributed by atoms with Gasteiger partial charge >= 0.3 is 5.97 Å². The molecular weight excluding hydrogens is 396 g/mol. The van der Waals surface area contributed by atoms with Crippen molar-refractivity contribution in [1.82, 2.24) is 0 Å². The van der Waals surface area contributed by atoms with Gasteiger partial charge in [-0.1, -0.05) is 74.3 Å². The van der Waals surface area contributed by atoms with Crippen molar-refractivity contribution >= 4 is 14.0 Å². The molecule has 30 heavy (non-hydrogen) atoms. The lowest BCUT2D eigenvalue weighted by Crippen LogP contribution is -2.25. The van der Waals surface area contributed by atoms with E-state index < -0.39 is 14.2 Å². The van der Waals surface area contributed by atoms with Crippen LogP contribution in [-0.2, 0) is 30.3 Å². The summed E-state index contributed by atoms with van der Waals surface area (Å²) in [6.45, 7) is 10.5. The first-order valence-corrected chi connectivity index (χ1v) is 14.3. The van der Waals surface area contributed by atoms with Crippen molar-refractivity contribution < 1.29 is 23.7 Å². The Labute approximate surface area is 183 Å². The van der Waals surface area contributed by atoms with Crippen LogP contribution in [-0.4, -0.2) is 46.8 Å². The maximum atomic E-state index is 11.9. The number of carbonyl (C=O) groups excluding carboxylic acids is 1. The third kappa shape index (κ3) is 13.5. The molecule has 1 aromatic carbocycles. The normalized spacial score (nSPS) is 14.3. The molecule has 5 nitrogen and oxygen atoms in total. The molecule has 0 aromatic heterocycles. The molecule has 0 aliphatic rings. The molecule has 1 aromatic rings. The summed E-state index contributed by atoms with van der Waals surface area (Å²) in [5, 5.41) is 0. The molecule has 0 N–H and O–H groups in total. The van der Waals surface area contributed by atoms with Gasteiger partial charge in [-0.25, -0.2) is 4.79 Å². The zero-order valence-corrected chi connectivity index (χ0v) is 20.1. The van der Waals surface area contributed by atoms with Crippen LogP contribution in [0.4, 0.5) is 0 Å². The van der Waals surface area contributed by atoms with Gasteiger partial charge in [-0.15, -0.1) is 0 Å². The number of methoxy groups -OCH3 is 1. The zero-order chi connectivity index (χ0) is 22.2. The van der Waals surface area contributed by atoms with Gasteiger partial charge in [-0.3, -0.25) is 0 Å². The third-order valence-electron chi connectivity index (χ3n) is 4.36. The highest BCUT2D eigenvalue weighted by molar-refractivity contribution is 6.76. The predicted octanol–water partition coefficient (Wildman–Crippen LogP) is 5.35. The number of allylic oxidation sites excluding steroid dienone is 2. The molecule has 1 rings (SSSR count). The lowest BCUT2D eigenvalue weighted by atomic mass is 10.2. The minimum Gasteiger partial charge on any atom is -0.467 e. The van der Waals surface area contributed by atoms with Crippen molar-refractivity contribution in [3.05, 3.63) is 60.2 Å². The number of rotatable bonds is 15. The average Bonchev–Trinajstić information content (AvgIpc) is 2.71. The van der Waals surface area contributed by atoms with E-state index in [0.29, 0.717) is 19.8 Å². The van der Waals surface area contributed by atoms with Gasteiger partial charge in [-0.05, 0) is 25.0 Å². The lowest BCUT2D eigenvalue weighted by Gasteiger charge is -2.16. The summed E-state index contributed by atoms with van der Waals surface area (Å²) in [7, 11) is 0.330. The first-order valence-electron chi connectivity index (χ1n) is 10.6. The topological polar surface area (TPSA) is 54.0 Å².